The summed E-state index contributed by atoms with van der Waals surface area (Å²) in [5, 5.41) is 7.40. The lowest BCUT2D eigenvalue weighted by molar-refractivity contribution is 0.0524. The minimum Gasteiger partial charge on any atom is -0.381 e. The predicted octanol–water partition coefficient (Wildman–Crippen LogP) is 1.68. The van der Waals surface area contributed by atoms with Crippen LogP contribution in [0.5, 0.6) is 0 Å². The molecule has 0 aliphatic carbocycles. The Morgan fingerprint density at radius 1 is 1.40 bits per heavy atom. The molecule has 0 aromatic heterocycles. The molecule has 0 radical (unpaired) electrons. The molecule has 88 valence electrons. The maximum absolute atomic E-state index is 5.34. The van der Waals surface area contributed by atoms with Crippen LogP contribution < -0.4 is 10.6 Å². The van der Waals surface area contributed by atoms with Crippen LogP contribution in [0.2, 0.25) is 0 Å². The minimum absolute atomic E-state index is 0.110. The van der Waals surface area contributed by atoms with Crippen molar-refractivity contribution >= 4 is 17.3 Å². The monoisotopic (exact) mass is 230 g/mol. The Kier molecular flexibility index (Phi) is 4.80. The van der Waals surface area contributed by atoms with Gasteiger partial charge in [0.05, 0.1) is 0 Å². The topological polar surface area (TPSA) is 33.3 Å². The summed E-state index contributed by atoms with van der Waals surface area (Å²) in [6.07, 6.45) is 2.05. The van der Waals surface area contributed by atoms with E-state index in [2.05, 4.69) is 31.4 Å². The molecule has 0 aromatic rings. The Hall–Kier alpha value is -0.350. The van der Waals surface area contributed by atoms with Crippen molar-refractivity contribution in [2.24, 2.45) is 5.92 Å². The zero-order chi connectivity index (χ0) is 11.3. The van der Waals surface area contributed by atoms with Crippen molar-refractivity contribution in [2.75, 3.05) is 19.8 Å². The first-order chi connectivity index (χ1) is 7.02. The van der Waals surface area contributed by atoms with Crippen LogP contribution in [0.15, 0.2) is 0 Å². The predicted molar refractivity (Wildman–Crippen MR) is 67.0 cm³/mol. The molecule has 0 spiro atoms. The summed E-state index contributed by atoms with van der Waals surface area (Å²) in [4.78, 5) is 0. The lowest BCUT2D eigenvalue weighted by Gasteiger charge is -2.35. The quantitative estimate of drug-likeness (QED) is 0.723. The third-order valence-corrected chi connectivity index (χ3v) is 2.93. The van der Waals surface area contributed by atoms with E-state index in [-0.39, 0.29) is 5.54 Å². The van der Waals surface area contributed by atoms with Crippen molar-refractivity contribution in [3.05, 3.63) is 0 Å². The Labute approximate surface area is 98.0 Å². The first-order valence-electron chi connectivity index (χ1n) is 5.66. The second-order valence-electron chi connectivity index (χ2n) is 4.90. The molecule has 1 rings (SSSR count). The molecule has 1 aliphatic heterocycles. The number of rotatable bonds is 3. The molecule has 2 N–H and O–H groups in total. The van der Waals surface area contributed by atoms with Gasteiger partial charge >= 0.3 is 0 Å². The number of nitrogens with one attached hydrogen (secondary N) is 2. The van der Waals surface area contributed by atoms with Crippen molar-refractivity contribution in [3.8, 4) is 0 Å². The normalized spacial score (nSPS) is 20.0. The molecule has 1 aliphatic rings. The largest absolute Gasteiger partial charge is 0.381 e. The van der Waals surface area contributed by atoms with Crippen LogP contribution in [-0.4, -0.2) is 30.4 Å². The second-order valence-corrected chi connectivity index (χ2v) is 5.31. The van der Waals surface area contributed by atoms with Crippen LogP contribution >= 0.6 is 12.2 Å². The van der Waals surface area contributed by atoms with Gasteiger partial charge in [-0.25, -0.2) is 0 Å². The molecule has 1 heterocycles. The Balaban J connectivity index is 2.29. The maximum Gasteiger partial charge on any atom is 0.166 e. The molecule has 0 atom stereocenters. The van der Waals surface area contributed by atoms with Crippen LogP contribution in [0, 0.1) is 5.92 Å². The summed E-state index contributed by atoms with van der Waals surface area (Å²) in [5.74, 6) is 0.618. The van der Waals surface area contributed by atoms with E-state index in [1.807, 2.05) is 0 Å². The average molecular weight is 230 g/mol. The lowest BCUT2D eigenvalue weighted by Crippen LogP contribution is -2.53. The van der Waals surface area contributed by atoms with Crippen LogP contribution in [0.1, 0.15) is 33.6 Å². The highest BCUT2D eigenvalue weighted by molar-refractivity contribution is 7.80. The summed E-state index contributed by atoms with van der Waals surface area (Å²) >= 11 is 5.26. The second kappa shape index (κ2) is 5.66. The molecule has 4 heteroatoms. The van der Waals surface area contributed by atoms with E-state index in [1.54, 1.807) is 0 Å². The maximum atomic E-state index is 5.34. The summed E-state index contributed by atoms with van der Waals surface area (Å²) < 4.78 is 5.34. The summed E-state index contributed by atoms with van der Waals surface area (Å²) in [7, 11) is 0. The van der Waals surface area contributed by atoms with Crippen molar-refractivity contribution in [3.63, 3.8) is 0 Å². The van der Waals surface area contributed by atoms with E-state index in [9.17, 15) is 0 Å². The van der Waals surface area contributed by atoms with Gasteiger partial charge in [0, 0.05) is 25.3 Å². The van der Waals surface area contributed by atoms with Crippen LogP contribution in [0.25, 0.3) is 0 Å². The van der Waals surface area contributed by atoms with Gasteiger partial charge in [0.15, 0.2) is 5.11 Å². The first-order valence-corrected chi connectivity index (χ1v) is 6.06. The molecule has 0 aromatic carbocycles. The fraction of sp³-hybridized carbons (Fsp3) is 0.909. The SMILES string of the molecule is CC(C)CNC(=S)NC1(C)CCOCC1. The van der Waals surface area contributed by atoms with Gasteiger partial charge in [-0.05, 0) is 37.9 Å². The molecule has 15 heavy (non-hydrogen) atoms. The highest BCUT2D eigenvalue weighted by Crippen LogP contribution is 2.19. The van der Waals surface area contributed by atoms with Gasteiger partial charge in [-0.2, -0.15) is 0 Å². The highest BCUT2D eigenvalue weighted by atomic mass is 32.1. The molecular weight excluding hydrogens is 208 g/mol. The minimum atomic E-state index is 0.110. The molecule has 1 saturated heterocycles. The van der Waals surface area contributed by atoms with E-state index in [0.717, 1.165) is 37.7 Å². The molecule has 0 bridgehead atoms. The van der Waals surface area contributed by atoms with Gasteiger partial charge in [0.2, 0.25) is 0 Å². The van der Waals surface area contributed by atoms with E-state index < -0.39 is 0 Å². The van der Waals surface area contributed by atoms with Gasteiger partial charge in [-0.1, -0.05) is 13.8 Å². The Morgan fingerprint density at radius 2 is 2.00 bits per heavy atom. The molecule has 0 amide bonds. The summed E-state index contributed by atoms with van der Waals surface area (Å²) in [6.45, 7) is 9.14. The van der Waals surface area contributed by atoms with Gasteiger partial charge in [-0.3, -0.25) is 0 Å². The smallest absolute Gasteiger partial charge is 0.166 e. The first kappa shape index (κ1) is 12.7. The molecule has 3 nitrogen and oxygen atoms in total. The molecule has 0 saturated carbocycles. The number of thiocarbonyl (C=S) groups is 1. The van der Waals surface area contributed by atoms with Crippen molar-refractivity contribution in [2.45, 2.75) is 39.2 Å². The van der Waals surface area contributed by atoms with E-state index >= 15 is 0 Å². The fourth-order valence-electron chi connectivity index (χ4n) is 1.56. The standard InChI is InChI=1S/C11H22N2OS/c1-9(2)8-12-10(15)13-11(3)4-6-14-7-5-11/h9H,4-8H2,1-3H3,(H2,12,13,15). The summed E-state index contributed by atoms with van der Waals surface area (Å²) in [5.41, 5.74) is 0.110. The average Bonchev–Trinajstić information content (AvgIpc) is 2.15. The van der Waals surface area contributed by atoms with Gasteiger partial charge in [-0.15, -0.1) is 0 Å². The number of ether oxygens (including phenoxy) is 1. The summed E-state index contributed by atoms with van der Waals surface area (Å²) in [6, 6.07) is 0. The van der Waals surface area contributed by atoms with Crippen LogP contribution in [-0.2, 0) is 4.74 Å². The number of hydrogen-bond acceptors (Lipinski definition) is 2. The number of hydrogen-bond donors (Lipinski definition) is 2. The van der Waals surface area contributed by atoms with Gasteiger partial charge in [0.1, 0.15) is 0 Å². The molecule has 1 fully saturated rings. The third kappa shape index (κ3) is 4.80. The van der Waals surface area contributed by atoms with E-state index in [1.165, 1.54) is 0 Å². The van der Waals surface area contributed by atoms with Crippen molar-refractivity contribution in [1.29, 1.82) is 0 Å². The highest BCUT2D eigenvalue weighted by Gasteiger charge is 2.27. The van der Waals surface area contributed by atoms with Gasteiger partial charge in [0.25, 0.3) is 0 Å². The van der Waals surface area contributed by atoms with Gasteiger partial charge < -0.3 is 15.4 Å². The van der Waals surface area contributed by atoms with Crippen molar-refractivity contribution < 1.29 is 4.74 Å². The Bertz CT molecular complexity index is 213. The fourth-order valence-corrected chi connectivity index (χ4v) is 1.89. The van der Waals surface area contributed by atoms with E-state index in [4.69, 9.17) is 17.0 Å². The van der Waals surface area contributed by atoms with E-state index in [0.29, 0.717) is 5.92 Å². The molecular formula is C11H22N2OS. The zero-order valence-corrected chi connectivity index (χ0v) is 10.7. The van der Waals surface area contributed by atoms with Crippen molar-refractivity contribution in [1.82, 2.24) is 10.6 Å². The van der Waals surface area contributed by atoms with Crippen LogP contribution in [0.3, 0.4) is 0 Å². The third-order valence-electron chi connectivity index (χ3n) is 2.68. The van der Waals surface area contributed by atoms with Crippen LogP contribution in [0.4, 0.5) is 0 Å². The molecule has 0 unspecified atom stereocenters. The lowest BCUT2D eigenvalue weighted by atomic mass is 9.93. The Morgan fingerprint density at radius 3 is 2.53 bits per heavy atom. The zero-order valence-electron chi connectivity index (χ0n) is 9.93.